The van der Waals surface area contributed by atoms with Gasteiger partial charge in [0.15, 0.2) is 5.82 Å². The van der Waals surface area contributed by atoms with Crippen molar-refractivity contribution in [3.05, 3.63) is 20.8 Å². The number of hydrogen-bond donors (Lipinski definition) is 3. The van der Waals surface area contributed by atoms with Crippen LogP contribution in [0, 0.1) is 0 Å². The molecule has 7 heteroatoms. The maximum Gasteiger partial charge on any atom is 0.326 e. The minimum atomic E-state index is -0.446. The summed E-state index contributed by atoms with van der Waals surface area (Å²) in [5.74, 6) is 0.139. The van der Waals surface area contributed by atoms with Crippen LogP contribution in [0.1, 0.15) is 6.92 Å². The number of nitrogen functional groups attached to an aromatic ring is 1. The van der Waals surface area contributed by atoms with Crippen LogP contribution in [0.2, 0.25) is 0 Å². The second kappa shape index (κ2) is 2.72. The number of aromatic amines is 2. The number of nitrogens with two attached hydrogens (primary N) is 1. The predicted octanol–water partition coefficient (Wildman–Crippen LogP) is -0.985. The molecule has 0 saturated carbocycles. The molecule has 14 heavy (non-hydrogen) atoms. The first kappa shape index (κ1) is 8.54. The van der Waals surface area contributed by atoms with Gasteiger partial charge in [0.2, 0.25) is 0 Å². The second-order valence-electron chi connectivity index (χ2n) is 2.84. The minimum Gasteiger partial charge on any atom is -0.380 e. The molecule has 0 aliphatic carbocycles. The monoisotopic (exact) mass is 195 g/mol. The van der Waals surface area contributed by atoms with Crippen molar-refractivity contribution in [3.8, 4) is 0 Å². The second-order valence-corrected chi connectivity index (χ2v) is 2.84. The zero-order valence-corrected chi connectivity index (χ0v) is 7.50. The van der Waals surface area contributed by atoms with E-state index in [4.69, 9.17) is 5.73 Å². The van der Waals surface area contributed by atoms with Crippen LogP contribution in [0.3, 0.4) is 0 Å². The fourth-order valence-electron chi connectivity index (χ4n) is 1.42. The lowest BCUT2D eigenvalue weighted by molar-refractivity contribution is 0.752. The van der Waals surface area contributed by atoms with Crippen molar-refractivity contribution < 1.29 is 0 Å². The SMILES string of the molecule is CCn1c(=O)[nH]c2c(=O)[nH]nc(N)c21. The number of hydrogen-bond acceptors (Lipinski definition) is 4. The van der Waals surface area contributed by atoms with E-state index < -0.39 is 5.56 Å². The highest BCUT2D eigenvalue weighted by Crippen LogP contribution is 2.09. The summed E-state index contributed by atoms with van der Waals surface area (Å²) in [6.07, 6.45) is 0. The third-order valence-corrected chi connectivity index (χ3v) is 2.05. The number of aromatic nitrogens is 4. The Labute approximate surface area is 77.6 Å². The molecule has 7 nitrogen and oxygen atoms in total. The molecule has 2 heterocycles. The molecule has 2 aromatic rings. The van der Waals surface area contributed by atoms with E-state index in [9.17, 15) is 9.59 Å². The Balaban J connectivity index is 3.09. The standard InChI is InChI=1S/C7H9N5O2/c1-2-12-4-3(9-7(12)14)6(13)11-10-5(4)8/h2H2,1H3,(H2,8,10)(H,9,14)(H,11,13). The van der Waals surface area contributed by atoms with Gasteiger partial charge in [-0.2, -0.15) is 5.10 Å². The average molecular weight is 195 g/mol. The molecular formula is C7H9N5O2. The van der Waals surface area contributed by atoms with Crippen molar-refractivity contribution in [3.63, 3.8) is 0 Å². The first-order valence-electron chi connectivity index (χ1n) is 4.11. The molecule has 0 aliphatic heterocycles. The van der Waals surface area contributed by atoms with Gasteiger partial charge in [0.25, 0.3) is 5.56 Å². The molecule has 0 aromatic carbocycles. The molecule has 2 rings (SSSR count). The van der Waals surface area contributed by atoms with Crippen molar-refractivity contribution in [2.45, 2.75) is 13.5 Å². The third-order valence-electron chi connectivity index (χ3n) is 2.05. The van der Waals surface area contributed by atoms with Crippen molar-refractivity contribution in [1.29, 1.82) is 0 Å². The van der Waals surface area contributed by atoms with Gasteiger partial charge in [-0.25, -0.2) is 9.89 Å². The number of fused-ring (bicyclic) bond motifs is 1. The van der Waals surface area contributed by atoms with E-state index in [1.807, 2.05) is 0 Å². The quantitative estimate of drug-likeness (QED) is 0.542. The Bertz CT molecular complexity index is 590. The molecule has 0 amide bonds. The lowest BCUT2D eigenvalue weighted by Crippen LogP contribution is -2.15. The van der Waals surface area contributed by atoms with Crippen LogP contribution in [-0.2, 0) is 6.54 Å². The Hall–Kier alpha value is -2.05. The van der Waals surface area contributed by atoms with Gasteiger partial charge in [-0.15, -0.1) is 0 Å². The summed E-state index contributed by atoms with van der Waals surface area (Å²) in [6, 6.07) is 0. The number of rotatable bonds is 1. The number of aryl methyl sites for hydroxylation is 1. The van der Waals surface area contributed by atoms with E-state index in [2.05, 4.69) is 15.2 Å². The summed E-state index contributed by atoms with van der Waals surface area (Å²) in [4.78, 5) is 25.0. The number of imidazole rings is 1. The largest absolute Gasteiger partial charge is 0.380 e. The number of nitrogens with one attached hydrogen (secondary N) is 2. The van der Waals surface area contributed by atoms with Gasteiger partial charge >= 0.3 is 5.69 Å². The molecule has 0 bridgehead atoms. The van der Waals surface area contributed by atoms with Crippen LogP contribution in [0.15, 0.2) is 9.59 Å². The zero-order valence-electron chi connectivity index (χ0n) is 7.50. The van der Waals surface area contributed by atoms with Gasteiger partial charge in [0.1, 0.15) is 11.0 Å². The highest BCUT2D eigenvalue weighted by atomic mass is 16.2. The van der Waals surface area contributed by atoms with Gasteiger partial charge in [0.05, 0.1) is 0 Å². The summed E-state index contributed by atoms with van der Waals surface area (Å²) in [6.45, 7) is 2.23. The molecule has 0 saturated heterocycles. The van der Waals surface area contributed by atoms with Crippen LogP contribution in [0.25, 0.3) is 11.0 Å². The van der Waals surface area contributed by atoms with Gasteiger partial charge in [-0.1, -0.05) is 0 Å². The molecule has 0 atom stereocenters. The van der Waals surface area contributed by atoms with Crippen LogP contribution in [0.4, 0.5) is 5.82 Å². The van der Waals surface area contributed by atoms with Gasteiger partial charge < -0.3 is 10.7 Å². The topological polar surface area (TPSA) is 110 Å². The molecule has 0 radical (unpaired) electrons. The van der Waals surface area contributed by atoms with E-state index >= 15 is 0 Å². The fourth-order valence-corrected chi connectivity index (χ4v) is 1.42. The highest BCUT2D eigenvalue weighted by molar-refractivity contribution is 5.83. The maximum absolute atomic E-state index is 11.3. The third kappa shape index (κ3) is 0.951. The van der Waals surface area contributed by atoms with E-state index in [-0.39, 0.29) is 17.0 Å². The van der Waals surface area contributed by atoms with E-state index in [1.165, 1.54) is 4.57 Å². The summed E-state index contributed by atoms with van der Waals surface area (Å²) in [7, 11) is 0. The lowest BCUT2D eigenvalue weighted by atomic mass is 10.4. The molecule has 0 fully saturated rings. The average Bonchev–Trinajstić information content (AvgIpc) is 2.50. The molecule has 0 unspecified atom stereocenters. The van der Waals surface area contributed by atoms with Gasteiger partial charge in [-0.05, 0) is 6.92 Å². The molecule has 0 aliphatic rings. The van der Waals surface area contributed by atoms with E-state index in [0.717, 1.165) is 0 Å². The predicted molar refractivity (Wildman–Crippen MR) is 51.1 cm³/mol. The Morgan fingerprint density at radius 2 is 2.21 bits per heavy atom. The molecule has 2 aromatic heterocycles. The fraction of sp³-hybridized carbons (Fsp3) is 0.286. The Morgan fingerprint density at radius 1 is 1.50 bits per heavy atom. The van der Waals surface area contributed by atoms with Gasteiger partial charge in [-0.3, -0.25) is 9.36 Å². The molecule has 4 N–H and O–H groups in total. The maximum atomic E-state index is 11.3. The lowest BCUT2D eigenvalue weighted by Gasteiger charge is -1.98. The molecule has 74 valence electrons. The van der Waals surface area contributed by atoms with Crippen LogP contribution in [-0.4, -0.2) is 19.7 Å². The van der Waals surface area contributed by atoms with Crippen molar-refractivity contribution in [2.24, 2.45) is 0 Å². The van der Waals surface area contributed by atoms with Crippen molar-refractivity contribution in [2.75, 3.05) is 5.73 Å². The smallest absolute Gasteiger partial charge is 0.326 e. The zero-order chi connectivity index (χ0) is 10.3. The van der Waals surface area contributed by atoms with Crippen LogP contribution in [0.5, 0.6) is 0 Å². The first-order chi connectivity index (χ1) is 6.65. The summed E-state index contributed by atoms with van der Waals surface area (Å²) >= 11 is 0. The van der Waals surface area contributed by atoms with Crippen molar-refractivity contribution in [1.82, 2.24) is 19.7 Å². The Kier molecular flexibility index (Phi) is 1.66. The summed E-state index contributed by atoms with van der Waals surface area (Å²) < 4.78 is 1.37. The van der Waals surface area contributed by atoms with Gasteiger partial charge in [0, 0.05) is 6.54 Å². The van der Waals surface area contributed by atoms with Crippen molar-refractivity contribution >= 4 is 16.9 Å². The first-order valence-corrected chi connectivity index (χ1v) is 4.11. The normalized spacial score (nSPS) is 10.9. The number of anilines is 1. The molecule has 0 spiro atoms. The van der Waals surface area contributed by atoms with E-state index in [1.54, 1.807) is 6.92 Å². The number of H-pyrrole nitrogens is 2. The summed E-state index contributed by atoms with van der Waals surface area (Å²) in [5, 5.41) is 5.78. The van der Waals surface area contributed by atoms with Crippen LogP contribution >= 0.6 is 0 Å². The summed E-state index contributed by atoms with van der Waals surface area (Å²) in [5.41, 5.74) is 5.29. The van der Waals surface area contributed by atoms with E-state index in [0.29, 0.717) is 12.1 Å². The minimum absolute atomic E-state index is 0.139. The van der Waals surface area contributed by atoms with Crippen LogP contribution < -0.4 is 17.0 Å². The molecular weight excluding hydrogens is 186 g/mol. The highest BCUT2D eigenvalue weighted by Gasteiger charge is 2.11. The Morgan fingerprint density at radius 3 is 2.86 bits per heavy atom. The number of nitrogens with zero attached hydrogens (tertiary/aromatic N) is 2.